The summed E-state index contributed by atoms with van der Waals surface area (Å²) in [6, 6.07) is 0. The van der Waals surface area contributed by atoms with Crippen molar-refractivity contribution in [1.29, 1.82) is 0 Å². The zero-order valence-corrected chi connectivity index (χ0v) is 10.3. The number of unbranched alkanes of at least 4 members (excludes halogenated alkanes) is 2. The average Bonchev–Trinajstić information content (AvgIpc) is 2.38. The molecule has 1 saturated carbocycles. The number of hydrogen-bond donors (Lipinski definition) is 1. The number of rotatable bonds is 5. The Morgan fingerprint density at radius 1 is 0.733 bits per heavy atom. The van der Waals surface area contributed by atoms with E-state index in [1.54, 1.807) is 0 Å². The second-order valence-electron chi connectivity index (χ2n) is 5.20. The predicted molar refractivity (Wildman–Crippen MR) is 67.9 cm³/mol. The first-order chi connectivity index (χ1) is 7.43. The van der Waals surface area contributed by atoms with E-state index in [9.17, 15) is 0 Å². The summed E-state index contributed by atoms with van der Waals surface area (Å²) in [6.07, 6.45) is 17.4. The fourth-order valence-corrected chi connectivity index (χ4v) is 2.76. The van der Waals surface area contributed by atoms with Gasteiger partial charge in [-0.3, -0.25) is 0 Å². The minimum Gasteiger partial charge on any atom is -0.330 e. The summed E-state index contributed by atoms with van der Waals surface area (Å²) in [5.41, 5.74) is 5.51. The lowest BCUT2D eigenvalue weighted by Crippen LogP contribution is -2.02. The van der Waals surface area contributed by atoms with E-state index in [4.69, 9.17) is 5.73 Å². The van der Waals surface area contributed by atoms with E-state index in [-0.39, 0.29) is 0 Å². The van der Waals surface area contributed by atoms with Crippen LogP contribution in [-0.2, 0) is 0 Å². The maximum Gasteiger partial charge on any atom is -0.00773 e. The lowest BCUT2D eigenvalue weighted by molar-refractivity contribution is 0.384. The number of hydrogen-bond acceptors (Lipinski definition) is 1. The van der Waals surface area contributed by atoms with Crippen LogP contribution in [0.4, 0.5) is 0 Å². The summed E-state index contributed by atoms with van der Waals surface area (Å²) in [5, 5.41) is 0. The molecule has 0 aromatic carbocycles. The van der Waals surface area contributed by atoms with Crippen LogP contribution in [0.3, 0.4) is 0 Å². The SMILES string of the molecule is NCCCCCC1CCCCCCCC1. The normalized spacial score (nSPS) is 20.6. The predicted octanol–water partition coefficient (Wildman–Crippen LogP) is 4.26. The minimum atomic E-state index is 0.880. The zero-order valence-electron chi connectivity index (χ0n) is 10.3. The summed E-state index contributed by atoms with van der Waals surface area (Å²) in [7, 11) is 0. The van der Waals surface area contributed by atoms with Crippen molar-refractivity contribution in [3.8, 4) is 0 Å². The Hall–Kier alpha value is -0.0400. The Morgan fingerprint density at radius 3 is 1.93 bits per heavy atom. The molecule has 0 bridgehead atoms. The molecule has 0 radical (unpaired) electrons. The lowest BCUT2D eigenvalue weighted by atomic mass is 9.91. The molecular formula is C14H29N. The van der Waals surface area contributed by atoms with Crippen molar-refractivity contribution in [1.82, 2.24) is 0 Å². The van der Waals surface area contributed by atoms with Gasteiger partial charge in [0.2, 0.25) is 0 Å². The monoisotopic (exact) mass is 211 g/mol. The third kappa shape index (κ3) is 6.94. The summed E-state index contributed by atoms with van der Waals surface area (Å²) in [5.74, 6) is 1.04. The molecule has 1 rings (SSSR count). The first-order valence-corrected chi connectivity index (χ1v) is 7.13. The highest BCUT2D eigenvalue weighted by molar-refractivity contribution is 4.63. The average molecular weight is 211 g/mol. The topological polar surface area (TPSA) is 26.0 Å². The van der Waals surface area contributed by atoms with Crippen LogP contribution in [0.25, 0.3) is 0 Å². The Kier molecular flexibility index (Phi) is 7.99. The standard InChI is InChI=1S/C14H29N/c15-13-9-5-8-12-14-10-6-3-1-2-4-7-11-14/h14H,1-13,15H2. The molecular weight excluding hydrogens is 182 g/mol. The molecule has 0 saturated heterocycles. The van der Waals surface area contributed by atoms with Crippen molar-refractivity contribution < 1.29 is 0 Å². The molecule has 0 aromatic rings. The van der Waals surface area contributed by atoms with Gasteiger partial charge < -0.3 is 5.73 Å². The molecule has 1 fully saturated rings. The van der Waals surface area contributed by atoms with Gasteiger partial charge in [-0.2, -0.15) is 0 Å². The van der Waals surface area contributed by atoms with E-state index < -0.39 is 0 Å². The van der Waals surface area contributed by atoms with Crippen molar-refractivity contribution in [2.45, 2.75) is 77.0 Å². The molecule has 1 nitrogen and oxygen atoms in total. The highest BCUT2D eigenvalue weighted by atomic mass is 14.5. The third-order valence-electron chi connectivity index (χ3n) is 3.79. The van der Waals surface area contributed by atoms with Gasteiger partial charge in [0.1, 0.15) is 0 Å². The quantitative estimate of drug-likeness (QED) is 0.676. The molecule has 1 aliphatic rings. The van der Waals surface area contributed by atoms with Crippen LogP contribution >= 0.6 is 0 Å². The molecule has 0 spiro atoms. The van der Waals surface area contributed by atoms with Gasteiger partial charge in [0.15, 0.2) is 0 Å². The largest absolute Gasteiger partial charge is 0.330 e. The summed E-state index contributed by atoms with van der Waals surface area (Å²) in [6.45, 7) is 0.880. The Bertz CT molecular complexity index is 123. The zero-order chi connectivity index (χ0) is 10.8. The molecule has 15 heavy (non-hydrogen) atoms. The van der Waals surface area contributed by atoms with Crippen LogP contribution < -0.4 is 5.73 Å². The Morgan fingerprint density at radius 2 is 1.33 bits per heavy atom. The Labute approximate surface area is 95.8 Å². The van der Waals surface area contributed by atoms with E-state index in [1.165, 1.54) is 77.0 Å². The van der Waals surface area contributed by atoms with Gasteiger partial charge in [-0.15, -0.1) is 0 Å². The highest BCUT2D eigenvalue weighted by Gasteiger charge is 2.09. The third-order valence-corrected chi connectivity index (χ3v) is 3.79. The van der Waals surface area contributed by atoms with E-state index in [0.29, 0.717) is 0 Å². The molecule has 1 aliphatic carbocycles. The molecule has 0 unspecified atom stereocenters. The van der Waals surface area contributed by atoms with Crippen LogP contribution in [0, 0.1) is 5.92 Å². The van der Waals surface area contributed by atoms with Gasteiger partial charge in [-0.25, -0.2) is 0 Å². The second kappa shape index (κ2) is 9.21. The summed E-state index contributed by atoms with van der Waals surface area (Å²) >= 11 is 0. The molecule has 1 heteroatoms. The first kappa shape index (κ1) is 13.0. The lowest BCUT2D eigenvalue weighted by Gasteiger charge is -2.15. The fraction of sp³-hybridized carbons (Fsp3) is 1.00. The Balaban J connectivity index is 2.07. The van der Waals surface area contributed by atoms with E-state index >= 15 is 0 Å². The van der Waals surface area contributed by atoms with Crippen LogP contribution in [-0.4, -0.2) is 6.54 Å². The smallest absolute Gasteiger partial charge is 0.00773 e. The van der Waals surface area contributed by atoms with Crippen LogP contribution in [0.1, 0.15) is 77.0 Å². The van der Waals surface area contributed by atoms with Crippen LogP contribution in [0.2, 0.25) is 0 Å². The van der Waals surface area contributed by atoms with Crippen molar-refractivity contribution in [2.24, 2.45) is 11.7 Å². The molecule has 0 aromatic heterocycles. The van der Waals surface area contributed by atoms with Gasteiger partial charge in [0, 0.05) is 0 Å². The highest BCUT2D eigenvalue weighted by Crippen LogP contribution is 2.25. The van der Waals surface area contributed by atoms with E-state index in [0.717, 1.165) is 12.5 Å². The molecule has 0 amide bonds. The van der Waals surface area contributed by atoms with E-state index in [2.05, 4.69) is 0 Å². The molecule has 2 N–H and O–H groups in total. The maximum atomic E-state index is 5.51. The fourth-order valence-electron chi connectivity index (χ4n) is 2.76. The summed E-state index contributed by atoms with van der Waals surface area (Å²) in [4.78, 5) is 0. The van der Waals surface area contributed by atoms with Gasteiger partial charge in [-0.05, 0) is 18.9 Å². The number of nitrogens with two attached hydrogens (primary N) is 1. The van der Waals surface area contributed by atoms with Crippen molar-refractivity contribution in [2.75, 3.05) is 6.54 Å². The van der Waals surface area contributed by atoms with Crippen LogP contribution in [0.15, 0.2) is 0 Å². The van der Waals surface area contributed by atoms with E-state index in [1.807, 2.05) is 0 Å². The first-order valence-electron chi connectivity index (χ1n) is 7.13. The molecule has 90 valence electrons. The van der Waals surface area contributed by atoms with Gasteiger partial charge in [0.25, 0.3) is 0 Å². The summed E-state index contributed by atoms with van der Waals surface area (Å²) < 4.78 is 0. The molecule has 0 heterocycles. The molecule has 0 atom stereocenters. The molecule has 0 aliphatic heterocycles. The van der Waals surface area contributed by atoms with Gasteiger partial charge >= 0.3 is 0 Å². The van der Waals surface area contributed by atoms with Crippen molar-refractivity contribution in [3.05, 3.63) is 0 Å². The minimum absolute atomic E-state index is 0.880. The van der Waals surface area contributed by atoms with Gasteiger partial charge in [0.05, 0.1) is 0 Å². The second-order valence-corrected chi connectivity index (χ2v) is 5.20. The van der Waals surface area contributed by atoms with Crippen LogP contribution in [0.5, 0.6) is 0 Å². The van der Waals surface area contributed by atoms with Gasteiger partial charge in [-0.1, -0.05) is 70.6 Å². The van der Waals surface area contributed by atoms with Crippen molar-refractivity contribution >= 4 is 0 Å². The van der Waals surface area contributed by atoms with Crippen molar-refractivity contribution in [3.63, 3.8) is 0 Å². The maximum absolute atomic E-state index is 5.51.